The molecule has 0 N–H and O–H groups in total. The number of fused-ring (bicyclic) bond motifs is 1. The summed E-state index contributed by atoms with van der Waals surface area (Å²) >= 11 is 0. The molecule has 0 unspecified atom stereocenters. The zero-order chi connectivity index (χ0) is 15.0. The van der Waals surface area contributed by atoms with Crippen LogP contribution in [0.25, 0.3) is 22.1 Å². The maximum absolute atomic E-state index is 12.3. The molecule has 3 rings (SSSR count). The van der Waals surface area contributed by atoms with E-state index in [1.807, 2.05) is 19.1 Å². The minimum atomic E-state index is -4.69. The molecule has 21 heavy (non-hydrogen) atoms. The first kappa shape index (κ1) is 13.5. The maximum atomic E-state index is 12.3. The van der Waals surface area contributed by atoms with Crippen LogP contribution in [0.3, 0.4) is 0 Å². The van der Waals surface area contributed by atoms with Crippen LogP contribution in [0.1, 0.15) is 5.76 Å². The number of benzene rings is 2. The summed E-state index contributed by atoms with van der Waals surface area (Å²) in [6.45, 7) is 1.84. The lowest BCUT2D eigenvalue weighted by Crippen LogP contribution is -2.17. The number of hydrogen-bond acceptors (Lipinski definition) is 2. The number of rotatable bonds is 2. The monoisotopic (exact) mass is 292 g/mol. The molecule has 2 aromatic carbocycles. The molecule has 108 valence electrons. The number of alkyl halides is 3. The van der Waals surface area contributed by atoms with E-state index in [-0.39, 0.29) is 5.75 Å². The molecule has 0 aliphatic heterocycles. The lowest BCUT2D eigenvalue weighted by molar-refractivity contribution is -0.274. The smallest absolute Gasteiger partial charge is 0.461 e. The predicted octanol–water partition coefficient (Wildman–Crippen LogP) is 5.31. The van der Waals surface area contributed by atoms with Crippen LogP contribution in [0.2, 0.25) is 0 Å². The van der Waals surface area contributed by atoms with Crippen molar-refractivity contribution in [1.29, 1.82) is 0 Å². The molecule has 0 amide bonds. The lowest BCUT2D eigenvalue weighted by atomic mass is 10.0. The fraction of sp³-hybridized carbons (Fsp3) is 0.125. The van der Waals surface area contributed by atoms with Gasteiger partial charge in [-0.2, -0.15) is 0 Å². The highest BCUT2D eigenvalue weighted by Gasteiger charge is 2.31. The normalized spacial score (nSPS) is 11.8. The summed E-state index contributed by atoms with van der Waals surface area (Å²) in [6.07, 6.45) is -4.69. The maximum Gasteiger partial charge on any atom is 0.573 e. The molecular weight excluding hydrogens is 281 g/mol. The van der Waals surface area contributed by atoms with Crippen LogP contribution in [-0.2, 0) is 0 Å². The van der Waals surface area contributed by atoms with Gasteiger partial charge < -0.3 is 9.15 Å². The summed E-state index contributed by atoms with van der Waals surface area (Å²) in [5.74, 6) is 0.555. The van der Waals surface area contributed by atoms with E-state index in [4.69, 9.17) is 4.42 Å². The average Bonchev–Trinajstić information content (AvgIpc) is 2.76. The fourth-order valence-corrected chi connectivity index (χ4v) is 2.23. The summed E-state index contributed by atoms with van der Waals surface area (Å²) < 4.78 is 46.2. The first-order valence-electron chi connectivity index (χ1n) is 6.27. The number of furan rings is 1. The van der Waals surface area contributed by atoms with Gasteiger partial charge in [-0.15, -0.1) is 13.2 Å². The topological polar surface area (TPSA) is 22.4 Å². The quantitative estimate of drug-likeness (QED) is 0.639. The third-order valence-electron chi connectivity index (χ3n) is 3.04. The van der Waals surface area contributed by atoms with Gasteiger partial charge in [0.05, 0.1) is 0 Å². The van der Waals surface area contributed by atoms with E-state index in [0.717, 1.165) is 22.3 Å². The van der Waals surface area contributed by atoms with E-state index in [2.05, 4.69) is 4.74 Å². The van der Waals surface area contributed by atoms with Crippen molar-refractivity contribution in [2.24, 2.45) is 0 Å². The molecule has 0 saturated carbocycles. The van der Waals surface area contributed by atoms with Gasteiger partial charge in [-0.25, -0.2) is 0 Å². The Morgan fingerprint density at radius 3 is 2.48 bits per heavy atom. The zero-order valence-electron chi connectivity index (χ0n) is 11.1. The Morgan fingerprint density at radius 1 is 0.952 bits per heavy atom. The summed E-state index contributed by atoms with van der Waals surface area (Å²) in [7, 11) is 0. The van der Waals surface area contributed by atoms with Gasteiger partial charge in [0.15, 0.2) is 0 Å². The van der Waals surface area contributed by atoms with Crippen LogP contribution < -0.4 is 4.74 Å². The van der Waals surface area contributed by atoms with Gasteiger partial charge in [0.1, 0.15) is 17.1 Å². The second kappa shape index (κ2) is 4.84. The van der Waals surface area contributed by atoms with E-state index in [0.29, 0.717) is 5.56 Å². The highest BCUT2D eigenvalue weighted by Crippen LogP contribution is 2.30. The Morgan fingerprint density at radius 2 is 1.71 bits per heavy atom. The molecule has 1 heterocycles. The van der Waals surface area contributed by atoms with Crippen LogP contribution in [0.4, 0.5) is 13.2 Å². The first-order valence-corrected chi connectivity index (χ1v) is 6.27. The van der Waals surface area contributed by atoms with Gasteiger partial charge in [0.2, 0.25) is 0 Å². The minimum absolute atomic E-state index is 0.233. The van der Waals surface area contributed by atoms with E-state index in [1.54, 1.807) is 18.2 Å². The molecule has 0 saturated heterocycles. The third-order valence-corrected chi connectivity index (χ3v) is 3.04. The van der Waals surface area contributed by atoms with Gasteiger partial charge >= 0.3 is 6.36 Å². The second-order valence-corrected chi connectivity index (χ2v) is 4.69. The van der Waals surface area contributed by atoms with Crippen molar-refractivity contribution < 1.29 is 22.3 Å². The Kier molecular flexibility index (Phi) is 3.12. The molecule has 0 spiro atoms. The summed E-state index contributed by atoms with van der Waals surface area (Å²) in [5.41, 5.74) is 2.20. The Labute approximate surface area is 118 Å². The highest BCUT2D eigenvalue weighted by molar-refractivity contribution is 5.84. The molecule has 2 nitrogen and oxygen atoms in total. The largest absolute Gasteiger partial charge is 0.573 e. The van der Waals surface area contributed by atoms with Gasteiger partial charge in [-0.05, 0) is 48.4 Å². The van der Waals surface area contributed by atoms with E-state index in [9.17, 15) is 13.2 Å². The van der Waals surface area contributed by atoms with E-state index < -0.39 is 6.36 Å². The zero-order valence-corrected chi connectivity index (χ0v) is 11.1. The third kappa shape index (κ3) is 3.02. The Balaban J connectivity index is 1.99. The number of aryl methyl sites for hydroxylation is 1. The second-order valence-electron chi connectivity index (χ2n) is 4.69. The van der Waals surface area contributed by atoms with Crippen molar-refractivity contribution in [3.05, 3.63) is 54.3 Å². The summed E-state index contributed by atoms with van der Waals surface area (Å²) in [6, 6.07) is 13.3. The Bertz CT molecular complexity index is 788. The lowest BCUT2D eigenvalue weighted by Gasteiger charge is -2.10. The van der Waals surface area contributed by atoms with E-state index in [1.165, 1.54) is 18.2 Å². The van der Waals surface area contributed by atoms with Crippen LogP contribution in [0.5, 0.6) is 5.75 Å². The standard InChI is InChI=1S/C16H11F3O2/c1-10-7-13-8-12(5-6-15(13)20-10)11-3-2-4-14(9-11)21-16(17,18)19/h2-9H,1H3. The van der Waals surface area contributed by atoms with Gasteiger partial charge in [-0.3, -0.25) is 0 Å². The molecular formula is C16H11F3O2. The predicted molar refractivity (Wildman–Crippen MR) is 73.1 cm³/mol. The van der Waals surface area contributed by atoms with E-state index >= 15 is 0 Å². The number of halogens is 3. The first-order chi connectivity index (χ1) is 9.90. The van der Waals surface area contributed by atoms with Crippen molar-refractivity contribution in [2.75, 3.05) is 0 Å². The van der Waals surface area contributed by atoms with Gasteiger partial charge in [-0.1, -0.05) is 18.2 Å². The number of ether oxygens (including phenoxy) is 1. The van der Waals surface area contributed by atoms with Crippen molar-refractivity contribution in [3.63, 3.8) is 0 Å². The molecule has 5 heteroatoms. The Hall–Kier alpha value is -2.43. The van der Waals surface area contributed by atoms with Crippen molar-refractivity contribution in [3.8, 4) is 16.9 Å². The molecule has 0 aliphatic rings. The van der Waals surface area contributed by atoms with Crippen molar-refractivity contribution >= 4 is 11.0 Å². The molecule has 0 bridgehead atoms. The summed E-state index contributed by atoms with van der Waals surface area (Å²) in [4.78, 5) is 0. The molecule has 0 fully saturated rings. The molecule has 0 radical (unpaired) electrons. The van der Waals surface area contributed by atoms with Crippen LogP contribution in [0.15, 0.2) is 52.9 Å². The SMILES string of the molecule is Cc1cc2cc(-c3cccc(OC(F)(F)F)c3)ccc2o1. The number of hydrogen-bond donors (Lipinski definition) is 0. The molecule has 1 aromatic heterocycles. The molecule has 3 aromatic rings. The van der Waals surface area contributed by atoms with Crippen LogP contribution >= 0.6 is 0 Å². The van der Waals surface area contributed by atoms with Gasteiger partial charge in [0.25, 0.3) is 0 Å². The minimum Gasteiger partial charge on any atom is -0.461 e. The van der Waals surface area contributed by atoms with Gasteiger partial charge in [0, 0.05) is 5.39 Å². The van der Waals surface area contributed by atoms with Crippen molar-refractivity contribution in [2.45, 2.75) is 13.3 Å². The highest BCUT2D eigenvalue weighted by atomic mass is 19.4. The van der Waals surface area contributed by atoms with Crippen LogP contribution in [-0.4, -0.2) is 6.36 Å². The molecule has 0 aliphatic carbocycles. The fourth-order valence-electron chi connectivity index (χ4n) is 2.23. The average molecular weight is 292 g/mol. The van der Waals surface area contributed by atoms with Crippen molar-refractivity contribution in [1.82, 2.24) is 0 Å². The van der Waals surface area contributed by atoms with Crippen LogP contribution in [0, 0.1) is 6.92 Å². The summed E-state index contributed by atoms with van der Waals surface area (Å²) in [5, 5.41) is 0.909. The molecule has 0 atom stereocenters.